The number of hydrogen-bond acceptors (Lipinski definition) is 4. The molecule has 3 aromatic rings. The highest BCUT2D eigenvalue weighted by Gasteiger charge is 2.30. The van der Waals surface area contributed by atoms with Gasteiger partial charge in [-0.1, -0.05) is 18.2 Å². The molecule has 4 rings (SSSR count). The maximum Gasteiger partial charge on any atom is 0.389 e. The Kier molecular flexibility index (Phi) is 7.47. The number of carbonyl (C=O) groups excluding carboxylic acids is 1. The number of aromatic nitrogens is 3. The lowest BCUT2D eigenvalue weighted by Crippen LogP contribution is -2.46. The molecular weight excluding hydrogens is 459 g/mol. The van der Waals surface area contributed by atoms with Gasteiger partial charge in [-0.05, 0) is 51.2 Å². The summed E-state index contributed by atoms with van der Waals surface area (Å²) in [5.41, 5.74) is 3.08. The number of rotatable bonds is 3. The number of nitrogens with zero attached hydrogens (tertiary/aromatic N) is 4. The van der Waals surface area contributed by atoms with Gasteiger partial charge in [0, 0.05) is 43.2 Å². The van der Waals surface area contributed by atoms with Gasteiger partial charge in [0.05, 0.1) is 18.3 Å². The highest BCUT2D eigenvalue weighted by Crippen LogP contribution is 2.29. The average molecular weight is 490 g/mol. The van der Waals surface area contributed by atoms with E-state index in [9.17, 15) is 18.0 Å². The Morgan fingerprint density at radius 3 is 2.86 bits per heavy atom. The Labute approximate surface area is 202 Å². The first-order valence-electron chi connectivity index (χ1n) is 12.0. The maximum absolute atomic E-state index is 13.1. The fraction of sp³-hybridized carbons (Fsp3) is 0.480. The molecule has 4 bridgehead atoms. The lowest BCUT2D eigenvalue weighted by molar-refractivity contribution is -0.136. The number of alkyl halides is 3. The van der Waals surface area contributed by atoms with Crippen LogP contribution >= 0.6 is 0 Å². The summed E-state index contributed by atoms with van der Waals surface area (Å²) in [5.74, 6) is 0.412. The molecule has 0 fully saturated rings. The SMILES string of the molecule is CCN1C(=O)N[C@@H](CCC(F)(F)F)CCCCOc2nc(cn3ccnc23)-c2cccc(c2)[C@H]1C. The molecule has 2 atom stereocenters. The van der Waals surface area contributed by atoms with Crippen molar-refractivity contribution in [3.8, 4) is 17.1 Å². The van der Waals surface area contributed by atoms with Gasteiger partial charge >= 0.3 is 12.2 Å². The van der Waals surface area contributed by atoms with Crippen molar-refractivity contribution in [2.75, 3.05) is 13.2 Å². The van der Waals surface area contributed by atoms with Crippen LogP contribution in [0.15, 0.2) is 42.9 Å². The minimum Gasteiger partial charge on any atom is -0.475 e. The van der Waals surface area contributed by atoms with Crippen LogP contribution in [0.25, 0.3) is 16.9 Å². The third kappa shape index (κ3) is 6.04. The van der Waals surface area contributed by atoms with Crippen molar-refractivity contribution in [3.05, 3.63) is 48.4 Å². The Bertz CT molecular complexity index is 1160. The molecule has 1 N–H and O–H groups in total. The van der Waals surface area contributed by atoms with Crippen molar-refractivity contribution >= 4 is 11.7 Å². The van der Waals surface area contributed by atoms with Gasteiger partial charge < -0.3 is 19.4 Å². The smallest absolute Gasteiger partial charge is 0.389 e. The highest BCUT2D eigenvalue weighted by molar-refractivity contribution is 5.75. The van der Waals surface area contributed by atoms with Crippen LogP contribution in [0, 0.1) is 0 Å². The molecule has 1 aliphatic rings. The normalized spacial score (nSPS) is 19.9. The lowest BCUT2D eigenvalue weighted by Gasteiger charge is -2.31. The van der Waals surface area contributed by atoms with E-state index >= 15 is 0 Å². The van der Waals surface area contributed by atoms with E-state index in [4.69, 9.17) is 9.72 Å². The van der Waals surface area contributed by atoms with Crippen molar-refractivity contribution < 1.29 is 22.7 Å². The Hall–Kier alpha value is -3.30. The van der Waals surface area contributed by atoms with Gasteiger partial charge in [-0.2, -0.15) is 13.2 Å². The van der Waals surface area contributed by atoms with Gasteiger partial charge in [-0.15, -0.1) is 0 Å². The van der Waals surface area contributed by atoms with E-state index < -0.39 is 18.6 Å². The summed E-state index contributed by atoms with van der Waals surface area (Å²) in [6.07, 6.45) is 1.67. The lowest BCUT2D eigenvalue weighted by atomic mass is 10.0. The predicted octanol–water partition coefficient (Wildman–Crippen LogP) is 5.76. The van der Waals surface area contributed by atoms with Crippen LogP contribution in [0.4, 0.5) is 18.0 Å². The number of hydrogen-bond donors (Lipinski definition) is 1. The van der Waals surface area contributed by atoms with Crippen molar-refractivity contribution in [2.24, 2.45) is 0 Å². The number of ether oxygens (including phenoxy) is 1. The summed E-state index contributed by atoms with van der Waals surface area (Å²) in [5, 5.41) is 2.86. The van der Waals surface area contributed by atoms with Crippen LogP contribution < -0.4 is 10.1 Å². The Morgan fingerprint density at radius 2 is 2.09 bits per heavy atom. The number of benzene rings is 1. The van der Waals surface area contributed by atoms with E-state index in [1.807, 2.05) is 54.9 Å². The zero-order valence-corrected chi connectivity index (χ0v) is 19.9. The molecule has 0 radical (unpaired) electrons. The number of halogens is 3. The van der Waals surface area contributed by atoms with Gasteiger partial charge in [-0.3, -0.25) is 0 Å². The molecule has 1 aromatic carbocycles. The van der Waals surface area contributed by atoms with Gasteiger partial charge in [0.15, 0.2) is 0 Å². The third-order valence-electron chi connectivity index (χ3n) is 6.37. The van der Waals surface area contributed by atoms with E-state index in [0.29, 0.717) is 49.6 Å². The van der Waals surface area contributed by atoms with Crippen LogP contribution in [-0.2, 0) is 0 Å². The fourth-order valence-electron chi connectivity index (χ4n) is 4.42. The third-order valence-corrected chi connectivity index (χ3v) is 6.37. The number of amides is 2. The molecule has 10 heteroatoms. The van der Waals surface area contributed by atoms with E-state index in [1.54, 1.807) is 11.1 Å². The second kappa shape index (κ2) is 10.5. The quantitative estimate of drug-likeness (QED) is 0.508. The molecule has 0 spiro atoms. The zero-order valence-electron chi connectivity index (χ0n) is 19.9. The maximum atomic E-state index is 13.1. The molecular formula is C25H30F3N5O2. The molecule has 0 unspecified atom stereocenters. The summed E-state index contributed by atoms with van der Waals surface area (Å²) in [6.45, 7) is 4.54. The molecule has 3 heterocycles. The highest BCUT2D eigenvalue weighted by atomic mass is 19.4. The summed E-state index contributed by atoms with van der Waals surface area (Å²) in [4.78, 5) is 23.8. The number of urea groups is 1. The van der Waals surface area contributed by atoms with Gasteiger partial charge in [0.1, 0.15) is 0 Å². The second-order valence-electron chi connectivity index (χ2n) is 8.82. The summed E-state index contributed by atoms with van der Waals surface area (Å²) in [6, 6.07) is 6.53. The molecule has 2 amide bonds. The molecule has 0 saturated heterocycles. The summed E-state index contributed by atoms with van der Waals surface area (Å²) in [7, 11) is 0. The largest absolute Gasteiger partial charge is 0.475 e. The Morgan fingerprint density at radius 1 is 1.26 bits per heavy atom. The predicted molar refractivity (Wildman–Crippen MR) is 126 cm³/mol. The van der Waals surface area contributed by atoms with Crippen molar-refractivity contribution in [1.82, 2.24) is 24.6 Å². The molecule has 0 saturated carbocycles. The minimum absolute atomic E-state index is 0.157. The fourth-order valence-corrected chi connectivity index (χ4v) is 4.42. The number of carbonyl (C=O) groups is 1. The molecule has 35 heavy (non-hydrogen) atoms. The first kappa shape index (κ1) is 24.8. The van der Waals surface area contributed by atoms with Gasteiger partial charge in [0.2, 0.25) is 5.65 Å². The van der Waals surface area contributed by atoms with Crippen molar-refractivity contribution in [3.63, 3.8) is 0 Å². The average Bonchev–Trinajstić information content (AvgIpc) is 3.30. The van der Waals surface area contributed by atoms with Gasteiger partial charge in [-0.25, -0.2) is 14.8 Å². The van der Waals surface area contributed by atoms with Crippen LogP contribution in [0.5, 0.6) is 5.88 Å². The van der Waals surface area contributed by atoms with Crippen LogP contribution in [0.1, 0.15) is 57.6 Å². The standard InChI is InChI=1S/C25H30F3N5O2/c1-3-33-17(2)18-7-6-8-19(15-18)21-16-32-13-12-29-22(32)23(31-21)35-14-5-4-9-20(30-24(33)34)10-11-25(26,27)28/h6-8,12-13,15-17,20H,3-5,9-11,14H2,1-2H3,(H,30,34)/t17-,20-/m1/s1. The number of imidazole rings is 1. The summed E-state index contributed by atoms with van der Waals surface area (Å²) < 4.78 is 46.5. The Balaban J connectivity index is 1.68. The van der Waals surface area contributed by atoms with E-state index in [0.717, 1.165) is 11.1 Å². The molecule has 7 nitrogen and oxygen atoms in total. The zero-order chi connectivity index (χ0) is 25.0. The minimum atomic E-state index is -4.27. The van der Waals surface area contributed by atoms with Crippen LogP contribution in [0.3, 0.4) is 0 Å². The van der Waals surface area contributed by atoms with E-state index in [-0.39, 0.29) is 18.5 Å². The molecule has 188 valence electrons. The number of fused-ring (bicyclic) bond motifs is 7. The molecule has 1 aliphatic heterocycles. The first-order chi connectivity index (χ1) is 16.7. The van der Waals surface area contributed by atoms with E-state index in [2.05, 4.69) is 10.3 Å². The van der Waals surface area contributed by atoms with Gasteiger partial charge in [0.25, 0.3) is 5.88 Å². The topological polar surface area (TPSA) is 71.8 Å². The second-order valence-corrected chi connectivity index (χ2v) is 8.82. The van der Waals surface area contributed by atoms with Crippen LogP contribution in [0.2, 0.25) is 0 Å². The van der Waals surface area contributed by atoms with Crippen molar-refractivity contribution in [1.29, 1.82) is 0 Å². The molecule has 0 aliphatic carbocycles. The van der Waals surface area contributed by atoms with E-state index in [1.165, 1.54) is 0 Å². The monoisotopic (exact) mass is 489 g/mol. The van der Waals surface area contributed by atoms with Crippen molar-refractivity contribution in [2.45, 2.75) is 64.2 Å². The summed E-state index contributed by atoms with van der Waals surface area (Å²) >= 11 is 0. The van der Waals surface area contributed by atoms with Crippen LogP contribution in [-0.4, -0.2) is 50.7 Å². The number of nitrogens with one attached hydrogen (secondary N) is 1. The molecule has 2 aromatic heterocycles. The first-order valence-corrected chi connectivity index (χ1v) is 12.0.